The third-order valence-electron chi connectivity index (χ3n) is 0.574. The fourth-order valence-electron chi connectivity index (χ4n) is 0.265. The summed E-state index contributed by atoms with van der Waals surface area (Å²) in [5.41, 5.74) is 0. The summed E-state index contributed by atoms with van der Waals surface area (Å²) in [4.78, 5) is 0. The summed E-state index contributed by atoms with van der Waals surface area (Å²) in [6, 6.07) is 1.06. The molecule has 0 radical (unpaired) electrons. The first kappa shape index (κ1) is 8.24. The van der Waals surface area contributed by atoms with Crippen LogP contribution in [0.4, 0.5) is 13.2 Å². The van der Waals surface area contributed by atoms with Crippen molar-refractivity contribution in [3.63, 3.8) is 0 Å². The zero-order chi connectivity index (χ0) is 7.49. The van der Waals surface area contributed by atoms with Crippen molar-refractivity contribution >= 4 is 0 Å². The minimum atomic E-state index is -4.45. The third kappa shape index (κ3) is 5.11. The van der Waals surface area contributed by atoms with Crippen molar-refractivity contribution in [1.82, 2.24) is 0 Å². The van der Waals surface area contributed by atoms with Crippen molar-refractivity contribution < 1.29 is 18.3 Å². The molecule has 52 valence electrons. The standard InChI is InChI=1S/C4H4F3NO/c5-4(6,7)1-3(9)2-8/h3,9H,1H2/t3-/m1/s1. The molecule has 0 aromatic heterocycles. The van der Waals surface area contributed by atoms with Crippen LogP contribution in [0.5, 0.6) is 0 Å². The lowest BCUT2D eigenvalue weighted by atomic mass is 10.3. The minimum absolute atomic E-state index is 1.06. The van der Waals surface area contributed by atoms with Gasteiger partial charge in [0.2, 0.25) is 0 Å². The van der Waals surface area contributed by atoms with Gasteiger partial charge in [-0.1, -0.05) is 0 Å². The van der Waals surface area contributed by atoms with E-state index in [0.29, 0.717) is 0 Å². The Hall–Kier alpha value is -0.760. The van der Waals surface area contributed by atoms with Gasteiger partial charge in [-0.15, -0.1) is 0 Å². The Bertz CT molecular complexity index is 125. The molecule has 0 aliphatic heterocycles. The van der Waals surface area contributed by atoms with Gasteiger partial charge < -0.3 is 5.11 Å². The van der Waals surface area contributed by atoms with Gasteiger partial charge in [0, 0.05) is 0 Å². The smallest absolute Gasteiger partial charge is 0.378 e. The average Bonchev–Trinajstić information content (AvgIpc) is 1.62. The highest BCUT2D eigenvalue weighted by atomic mass is 19.4. The number of hydrogen-bond acceptors (Lipinski definition) is 2. The molecule has 0 aliphatic rings. The molecule has 0 unspecified atom stereocenters. The molecule has 0 aromatic rings. The zero-order valence-corrected chi connectivity index (χ0v) is 4.31. The first-order valence-electron chi connectivity index (χ1n) is 2.10. The number of halogens is 3. The Labute approximate surface area is 49.5 Å². The van der Waals surface area contributed by atoms with Crippen molar-refractivity contribution in [2.45, 2.75) is 18.7 Å². The van der Waals surface area contributed by atoms with Crippen LogP contribution in [-0.2, 0) is 0 Å². The number of rotatable bonds is 1. The summed E-state index contributed by atoms with van der Waals surface area (Å²) in [5.74, 6) is 0. The van der Waals surface area contributed by atoms with Crippen molar-refractivity contribution in [3.05, 3.63) is 0 Å². The number of aliphatic hydroxyl groups excluding tert-OH is 1. The Balaban J connectivity index is 3.63. The molecule has 9 heavy (non-hydrogen) atoms. The van der Waals surface area contributed by atoms with Gasteiger partial charge in [0.05, 0.1) is 12.5 Å². The maximum absolute atomic E-state index is 11.2. The van der Waals surface area contributed by atoms with Crippen LogP contribution in [0.2, 0.25) is 0 Å². The van der Waals surface area contributed by atoms with E-state index in [2.05, 4.69) is 0 Å². The molecule has 0 bridgehead atoms. The van der Waals surface area contributed by atoms with Gasteiger partial charge >= 0.3 is 6.18 Å². The molecule has 0 aliphatic carbocycles. The zero-order valence-electron chi connectivity index (χ0n) is 4.31. The van der Waals surface area contributed by atoms with E-state index >= 15 is 0 Å². The van der Waals surface area contributed by atoms with Crippen LogP contribution in [0, 0.1) is 11.3 Å². The van der Waals surface area contributed by atoms with E-state index in [-0.39, 0.29) is 0 Å². The maximum atomic E-state index is 11.2. The summed E-state index contributed by atoms with van der Waals surface area (Å²) in [6.45, 7) is 0. The van der Waals surface area contributed by atoms with Crippen LogP contribution in [0.25, 0.3) is 0 Å². The summed E-state index contributed by atoms with van der Waals surface area (Å²) < 4.78 is 33.5. The molecule has 2 nitrogen and oxygen atoms in total. The molecular formula is C4H4F3NO. The van der Waals surface area contributed by atoms with E-state index in [0.717, 1.165) is 6.07 Å². The Morgan fingerprint density at radius 1 is 1.56 bits per heavy atom. The van der Waals surface area contributed by atoms with E-state index < -0.39 is 18.7 Å². The van der Waals surface area contributed by atoms with Crippen LogP contribution in [0.3, 0.4) is 0 Å². The first-order valence-corrected chi connectivity index (χ1v) is 2.10. The molecule has 0 fully saturated rings. The Morgan fingerprint density at radius 2 is 2.00 bits per heavy atom. The van der Waals surface area contributed by atoms with Gasteiger partial charge in [-0.25, -0.2) is 0 Å². The van der Waals surface area contributed by atoms with Crippen molar-refractivity contribution in [1.29, 1.82) is 5.26 Å². The quantitative estimate of drug-likeness (QED) is 0.546. The molecule has 0 amide bonds. The number of nitriles is 1. The normalized spacial score (nSPS) is 14.6. The van der Waals surface area contributed by atoms with Gasteiger partial charge in [-0.3, -0.25) is 0 Å². The number of nitrogens with zero attached hydrogens (tertiary/aromatic N) is 1. The van der Waals surface area contributed by atoms with Crippen LogP contribution >= 0.6 is 0 Å². The van der Waals surface area contributed by atoms with E-state index in [9.17, 15) is 13.2 Å². The fraction of sp³-hybridized carbons (Fsp3) is 0.750. The van der Waals surface area contributed by atoms with Crippen LogP contribution < -0.4 is 0 Å². The number of alkyl halides is 3. The first-order chi connectivity index (χ1) is 3.95. The highest BCUT2D eigenvalue weighted by Crippen LogP contribution is 2.20. The van der Waals surface area contributed by atoms with Crippen molar-refractivity contribution in [2.75, 3.05) is 0 Å². The van der Waals surface area contributed by atoms with Gasteiger partial charge in [-0.05, 0) is 0 Å². The van der Waals surface area contributed by atoms with E-state index in [1.165, 1.54) is 0 Å². The van der Waals surface area contributed by atoms with Gasteiger partial charge in [0.1, 0.15) is 6.10 Å². The molecule has 0 saturated heterocycles. The molecule has 0 heterocycles. The summed E-state index contributed by atoms with van der Waals surface area (Å²) in [6.07, 6.45) is -7.83. The number of aliphatic hydroxyl groups is 1. The predicted octanol–water partition coefficient (Wildman–Crippen LogP) is 0.823. The molecule has 1 atom stereocenters. The molecule has 0 aromatic carbocycles. The second-order valence-corrected chi connectivity index (χ2v) is 1.46. The maximum Gasteiger partial charge on any atom is 0.392 e. The average molecular weight is 139 g/mol. The molecule has 0 spiro atoms. The van der Waals surface area contributed by atoms with E-state index in [1.54, 1.807) is 0 Å². The predicted molar refractivity (Wildman–Crippen MR) is 22.3 cm³/mol. The second-order valence-electron chi connectivity index (χ2n) is 1.46. The third-order valence-corrected chi connectivity index (χ3v) is 0.574. The molecule has 0 saturated carbocycles. The summed E-state index contributed by atoms with van der Waals surface area (Å²) in [7, 11) is 0. The monoisotopic (exact) mass is 139 g/mol. The van der Waals surface area contributed by atoms with Crippen LogP contribution in [0.15, 0.2) is 0 Å². The Morgan fingerprint density at radius 3 is 2.11 bits per heavy atom. The van der Waals surface area contributed by atoms with Crippen molar-refractivity contribution in [2.24, 2.45) is 0 Å². The van der Waals surface area contributed by atoms with Crippen molar-refractivity contribution in [3.8, 4) is 6.07 Å². The summed E-state index contributed by atoms with van der Waals surface area (Å²) in [5, 5.41) is 15.8. The highest BCUT2D eigenvalue weighted by molar-refractivity contribution is 4.83. The van der Waals surface area contributed by atoms with Crippen LogP contribution in [0.1, 0.15) is 6.42 Å². The van der Waals surface area contributed by atoms with Gasteiger partial charge in [0.25, 0.3) is 0 Å². The van der Waals surface area contributed by atoms with E-state index in [1.807, 2.05) is 0 Å². The lowest BCUT2D eigenvalue weighted by Crippen LogP contribution is -2.17. The van der Waals surface area contributed by atoms with Crippen LogP contribution in [-0.4, -0.2) is 17.4 Å². The van der Waals surface area contributed by atoms with Gasteiger partial charge in [-0.2, -0.15) is 18.4 Å². The number of hydrogen-bond donors (Lipinski definition) is 1. The largest absolute Gasteiger partial charge is 0.392 e. The van der Waals surface area contributed by atoms with E-state index in [4.69, 9.17) is 10.4 Å². The highest BCUT2D eigenvalue weighted by Gasteiger charge is 2.30. The SMILES string of the molecule is N#C[C@H](O)CC(F)(F)F. The molecular weight excluding hydrogens is 135 g/mol. The lowest BCUT2D eigenvalue weighted by molar-refractivity contribution is -0.147. The lowest BCUT2D eigenvalue weighted by Gasteiger charge is -2.04. The molecule has 5 heteroatoms. The second kappa shape index (κ2) is 2.69. The fourth-order valence-corrected chi connectivity index (χ4v) is 0.265. The summed E-state index contributed by atoms with van der Waals surface area (Å²) >= 11 is 0. The molecule has 1 N–H and O–H groups in total. The molecule has 0 rings (SSSR count). The topological polar surface area (TPSA) is 44.0 Å². The van der Waals surface area contributed by atoms with Gasteiger partial charge in [0.15, 0.2) is 0 Å². The minimum Gasteiger partial charge on any atom is -0.378 e. The Kier molecular flexibility index (Phi) is 2.46.